The van der Waals surface area contributed by atoms with Gasteiger partial charge in [-0.2, -0.15) is 5.10 Å². The molecule has 3 rings (SSSR count). The van der Waals surface area contributed by atoms with Crippen LogP contribution in [0.2, 0.25) is 0 Å². The molecule has 0 spiro atoms. The van der Waals surface area contributed by atoms with Crippen LogP contribution >= 0.6 is 11.3 Å². The fourth-order valence-electron chi connectivity index (χ4n) is 2.10. The fraction of sp³-hybridized carbons (Fsp3) is 0.188. The van der Waals surface area contributed by atoms with E-state index in [1.165, 1.54) is 15.3 Å². The van der Waals surface area contributed by atoms with Crippen molar-refractivity contribution in [3.8, 4) is 10.4 Å². The number of nitrogens with one attached hydrogen (secondary N) is 1. The Kier molecular flexibility index (Phi) is 4.33. The van der Waals surface area contributed by atoms with Crippen LogP contribution in [0.15, 0.2) is 54.9 Å². The number of hydrogen-bond donors (Lipinski definition) is 2. The van der Waals surface area contributed by atoms with Crippen molar-refractivity contribution < 1.29 is 5.11 Å². The lowest BCUT2D eigenvalue weighted by Crippen LogP contribution is -2.01. The molecule has 0 unspecified atom stereocenters. The molecule has 21 heavy (non-hydrogen) atoms. The molecule has 0 saturated carbocycles. The third-order valence-corrected chi connectivity index (χ3v) is 4.28. The Balaban J connectivity index is 1.62. The molecule has 108 valence electrons. The number of thiophene rings is 1. The van der Waals surface area contributed by atoms with Crippen molar-refractivity contribution in [1.82, 2.24) is 9.78 Å². The molecular weight excluding hydrogens is 282 g/mol. The van der Waals surface area contributed by atoms with Crippen molar-refractivity contribution in [2.24, 2.45) is 0 Å². The topological polar surface area (TPSA) is 50.1 Å². The van der Waals surface area contributed by atoms with Crippen LogP contribution in [0.4, 0.5) is 5.69 Å². The third kappa shape index (κ3) is 3.51. The predicted molar refractivity (Wildman–Crippen MR) is 86.4 cm³/mol. The predicted octanol–water partition coefficient (Wildman–Crippen LogP) is 3.22. The highest BCUT2D eigenvalue weighted by Crippen LogP contribution is 2.28. The van der Waals surface area contributed by atoms with Crippen molar-refractivity contribution in [3.63, 3.8) is 0 Å². The van der Waals surface area contributed by atoms with Gasteiger partial charge in [-0.15, -0.1) is 11.3 Å². The molecule has 0 bridgehead atoms. The number of rotatable bonds is 6. The normalized spacial score (nSPS) is 10.7. The first-order valence-electron chi connectivity index (χ1n) is 6.86. The third-order valence-electron chi connectivity index (χ3n) is 3.15. The van der Waals surface area contributed by atoms with Crippen molar-refractivity contribution in [1.29, 1.82) is 0 Å². The molecule has 0 aliphatic rings. The van der Waals surface area contributed by atoms with Crippen LogP contribution in [0.3, 0.4) is 0 Å². The second-order valence-corrected chi connectivity index (χ2v) is 5.87. The van der Waals surface area contributed by atoms with Gasteiger partial charge in [0.05, 0.1) is 25.0 Å². The Morgan fingerprint density at radius 2 is 2.00 bits per heavy atom. The van der Waals surface area contributed by atoms with E-state index in [1.807, 2.05) is 12.3 Å². The molecule has 0 saturated heterocycles. The number of aliphatic hydroxyl groups is 1. The lowest BCUT2D eigenvalue weighted by Gasteiger charge is -2.00. The maximum atomic E-state index is 8.87. The summed E-state index contributed by atoms with van der Waals surface area (Å²) in [5.74, 6) is 0. The maximum absolute atomic E-state index is 8.87. The van der Waals surface area contributed by atoms with Gasteiger partial charge in [0.15, 0.2) is 0 Å². The molecule has 3 aromatic rings. The summed E-state index contributed by atoms with van der Waals surface area (Å²) in [5, 5.41) is 16.4. The first-order valence-corrected chi connectivity index (χ1v) is 7.68. The number of nitrogens with zero attached hydrogens (tertiary/aromatic N) is 2. The van der Waals surface area contributed by atoms with E-state index in [0.717, 1.165) is 12.2 Å². The largest absolute Gasteiger partial charge is 0.394 e. The van der Waals surface area contributed by atoms with Crippen LogP contribution in [0.1, 0.15) is 4.88 Å². The SMILES string of the molecule is OCCn1cc(NCc2ccc(-c3ccccc3)s2)cn1. The minimum atomic E-state index is 0.104. The van der Waals surface area contributed by atoms with Gasteiger partial charge >= 0.3 is 0 Å². The summed E-state index contributed by atoms with van der Waals surface area (Å²) in [5.41, 5.74) is 2.22. The first-order chi connectivity index (χ1) is 10.3. The van der Waals surface area contributed by atoms with Crippen molar-refractivity contribution in [2.45, 2.75) is 13.1 Å². The van der Waals surface area contributed by atoms with E-state index in [-0.39, 0.29) is 6.61 Å². The van der Waals surface area contributed by atoms with Crippen molar-refractivity contribution in [2.75, 3.05) is 11.9 Å². The second kappa shape index (κ2) is 6.56. The number of benzene rings is 1. The van der Waals surface area contributed by atoms with Crippen molar-refractivity contribution in [3.05, 3.63) is 59.7 Å². The zero-order chi connectivity index (χ0) is 14.5. The second-order valence-electron chi connectivity index (χ2n) is 4.70. The highest BCUT2D eigenvalue weighted by atomic mass is 32.1. The van der Waals surface area contributed by atoms with Gasteiger partial charge in [0, 0.05) is 22.5 Å². The molecule has 0 fully saturated rings. The van der Waals surface area contributed by atoms with Gasteiger partial charge in [-0.05, 0) is 17.7 Å². The van der Waals surface area contributed by atoms with Gasteiger partial charge in [0.2, 0.25) is 0 Å². The highest BCUT2D eigenvalue weighted by molar-refractivity contribution is 7.15. The molecule has 4 nitrogen and oxygen atoms in total. The zero-order valence-corrected chi connectivity index (χ0v) is 12.4. The Hall–Kier alpha value is -2.11. The number of aliphatic hydroxyl groups excluding tert-OH is 1. The number of hydrogen-bond acceptors (Lipinski definition) is 4. The van der Waals surface area contributed by atoms with E-state index >= 15 is 0 Å². The van der Waals surface area contributed by atoms with Crippen LogP contribution in [0.25, 0.3) is 10.4 Å². The molecule has 0 radical (unpaired) electrons. The van der Waals surface area contributed by atoms with E-state index in [9.17, 15) is 0 Å². The molecule has 2 N–H and O–H groups in total. The van der Waals surface area contributed by atoms with Crippen LogP contribution in [0.5, 0.6) is 0 Å². The van der Waals surface area contributed by atoms with Gasteiger partial charge in [-0.25, -0.2) is 0 Å². The van der Waals surface area contributed by atoms with Crippen molar-refractivity contribution >= 4 is 17.0 Å². The minimum absolute atomic E-state index is 0.104. The van der Waals surface area contributed by atoms with E-state index in [0.29, 0.717) is 6.54 Å². The highest BCUT2D eigenvalue weighted by Gasteiger charge is 2.03. The first kappa shape index (κ1) is 13.9. The van der Waals surface area contributed by atoms with Crippen LogP contribution in [-0.4, -0.2) is 21.5 Å². The maximum Gasteiger partial charge on any atom is 0.0729 e. The summed E-state index contributed by atoms with van der Waals surface area (Å²) in [4.78, 5) is 2.56. The average Bonchev–Trinajstić information content (AvgIpc) is 3.16. The van der Waals surface area contributed by atoms with Crippen LogP contribution in [0, 0.1) is 0 Å². The molecule has 0 atom stereocenters. The fourth-order valence-corrected chi connectivity index (χ4v) is 3.05. The van der Waals surface area contributed by atoms with Gasteiger partial charge in [0.1, 0.15) is 0 Å². The van der Waals surface area contributed by atoms with E-state index < -0.39 is 0 Å². The monoisotopic (exact) mass is 299 g/mol. The van der Waals surface area contributed by atoms with E-state index in [4.69, 9.17) is 5.11 Å². The summed E-state index contributed by atoms with van der Waals surface area (Å²) in [6.45, 7) is 1.41. The van der Waals surface area contributed by atoms with Gasteiger partial charge in [-0.3, -0.25) is 4.68 Å². The molecule has 1 aromatic carbocycles. The molecule has 2 heterocycles. The van der Waals surface area contributed by atoms with E-state index in [1.54, 1.807) is 22.2 Å². The Morgan fingerprint density at radius 3 is 2.81 bits per heavy atom. The molecule has 0 aliphatic carbocycles. The summed E-state index contributed by atoms with van der Waals surface area (Å²) in [6.07, 6.45) is 3.68. The number of aromatic nitrogens is 2. The Bertz CT molecular complexity index is 690. The summed E-state index contributed by atoms with van der Waals surface area (Å²) in [6, 6.07) is 14.7. The summed E-state index contributed by atoms with van der Waals surface area (Å²) >= 11 is 1.79. The molecule has 0 amide bonds. The standard InChI is InChI=1S/C16H17N3OS/c20-9-8-19-12-14(10-18-19)17-11-15-6-7-16(21-15)13-4-2-1-3-5-13/h1-7,10,12,17,20H,8-9,11H2. The lowest BCUT2D eigenvalue weighted by atomic mass is 10.2. The average molecular weight is 299 g/mol. The molecule has 2 aromatic heterocycles. The molecular formula is C16H17N3OS. The Morgan fingerprint density at radius 1 is 1.14 bits per heavy atom. The van der Waals surface area contributed by atoms with Gasteiger partial charge in [-0.1, -0.05) is 30.3 Å². The lowest BCUT2D eigenvalue weighted by molar-refractivity contribution is 0.269. The van der Waals surface area contributed by atoms with Crippen LogP contribution < -0.4 is 5.32 Å². The van der Waals surface area contributed by atoms with E-state index in [2.05, 4.69) is 46.8 Å². The quantitative estimate of drug-likeness (QED) is 0.735. The minimum Gasteiger partial charge on any atom is -0.394 e. The molecule has 0 aliphatic heterocycles. The number of anilines is 1. The van der Waals surface area contributed by atoms with Gasteiger partial charge in [0.25, 0.3) is 0 Å². The Labute approximate surface area is 127 Å². The summed E-state index contributed by atoms with van der Waals surface area (Å²) < 4.78 is 1.73. The smallest absolute Gasteiger partial charge is 0.0729 e. The zero-order valence-electron chi connectivity index (χ0n) is 11.6. The summed E-state index contributed by atoms with van der Waals surface area (Å²) in [7, 11) is 0. The van der Waals surface area contributed by atoms with Crippen LogP contribution in [-0.2, 0) is 13.1 Å². The van der Waals surface area contributed by atoms with Gasteiger partial charge < -0.3 is 10.4 Å². The molecule has 5 heteroatoms.